The smallest absolute Gasteiger partial charge is 0.328 e. The van der Waals surface area contributed by atoms with E-state index in [0.717, 1.165) is 6.26 Å². The fourth-order valence-electron chi connectivity index (χ4n) is 2.74. The largest absolute Gasteiger partial charge is 0.480 e. The lowest BCUT2D eigenvalue weighted by Gasteiger charge is -2.37. The molecule has 0 saturated carbocycles. The average molecular weight is 320 g/mol. The second-order valence-electron chi connectivity index (χ2n) is 5.40. The Morgan fingerprint density at radius 2 is 1.81 bits per heavy atom. The molecule has 0 aromatic carbocycles. The summed E-state index contributed by atoms with van der Waals surface area (Å²) in [6.45, 7) is 1.21. The van der Waals surface area contributed by atoms with Crippen LogP contribution >= 0.6 is 0 Å². The van der Waals surface area contributed by atoms with Gasteiger partial charge in [-0.25, -0.2) is 17.5 Å². The maximum absolute atomic E-state index is 12.5. The standard InChI is InChI=1S/C12H20N2O6S/c1-21(18,19)13-4-2-9(3-5-13)11(15)14-6-7-20-8-10(14)12(16)17/h9-10H,2-8H2,1H3,(H,16,17). The van der Waals surface area contributed by atoms with E-state index in [0.29, 0.717) is 32.5 Å². The van der Waals surface area contributed by atoms with Crippen molar-refractivity contribution in [1.29, 1.82) is 0 Å². The molecule has 8 nitrogen and oxygen atoms in total. The van der Waals surface area contributed by atoms with Gasteiger partial charge in [0.15, 0.2) is 6.04 Å². The van der Waals surface area contributed by atoms with Crippen LogP contribution in [0.25, 0.3) is 0 Å². The second kappa shape index (κ2) is 6.29. The van der Waals surface area contributed by atoms with Crippen molar-refractivity contribution >= 4 is 21.9 Å². The average Bonchev–Trinajstić information content (AvgIpc) is 2.45. The molecule has 0 aromatic heterocycles. The third-order valence-electron chi connectivity index (χ3n) is 3.97. The number of hydrogen-bond acceptors (Lipinski definition) is 5. The molecule has 2 fully saturated rings. The molecule has 1 atom stereocenters. The Morgan fingerprint density at radius 3 is 2.33 bits per heavy atom. The lowest BCUT2D eigenvalue weighted by molar-refractivity contribution is -0.160. The minimum Gasteiger partial charge on any atom is -0.480 e. The number of carboxylic acid groups (broad SMARTS) is 1. The molecule has 0 aromatic rings. The number of ether oxygens (including phenoxy) is 1. The van der Waals surface area contributed by atoms with Gasteiger partial charge >= 0.3 is 5.97 Å². The Balaban J connectivity index is 1.99. The number of piperidine rings is 1. The molecule has 2 rings (SSSR count). The predicted octanol–water partition coefficient (Wildman–Crippen LogP) is -1.03. The molecule has 2 heterocycles. The van der Waals surface area contributed by atoms with Crippen molar-refractivity contribution in [2.75, 3.05) is 39.1 Å². The normalized spacial score (nSPS) is 25.8. The lowest BCUT2D eigenvalue weighted by atomic mass is 9.95. The zero-order valence-corrected chi connectivity index (χ0v) is 12.7. The lowest BCUT2D eigenvalue weighted by Crippen LogP contribution is -2.55. The minimum absolute atomic E-state index is 0.00323. The highest BCUT2D eigenvalue weighted by Gasteiger charge is 2.37. The number of amides is 1. The van der Waals surface area contributed by atoms with Crippen molar-refractivity contribution in [1.82, 2.24) is 9.21 Å². The summed E-state index contributed by atoms with van der Waals surface area (Å²) in [7, 11) is -3.23. The number of carbonyl (C=O) groups excluding carboxylic acids is 1. The number of rotatable bonds is 3. The molecule has 120 valence electrons. The predicted molar refractivity (Wildman–Crippen MR) is 73.1 cm³/mol. The molecular formula is C12H20N2O6S. The highest BCUT2D eigenvalue weighted by molar-refractivity contribution is 7.88. The van der Waals surface area contributed by atoms with E-state index >= 15 is 0 Å². The van der Waals surface area contributed by atoms with Gasteiger partial charge in [0.05, 0.1) is 19.5 Å². The minimum atomic E-state index is -3.23. The summed E-state index contributed by atoms with van der Waals surface area (Å²) in [4.78, 5) is 25.0. The molecule has 1 unspecified atom stereocenters. The highest BCUT2D eigenvalue weighted by atomic mass is 32.2. The summed E-state index contributed by atoms with van der Waals surface area (Å²) in [5, 5.41) is 9.14. The topological polar surface area (TPSA) is 104 Å². The zero-order chi connectivity index (χ0) is 15.6. The Labute approximate surface area is 123 Å². The first kappa shape index (κ1) is 16.2. The molecular weight excluding hydrogens is 300 g/mol. The molecule has 1 amide bonds. The molecule has 0 radical (unpaired) electrons. The van der Waals surface area contributed by atoms with Crippen LogP contribution in [0.2, 0.25) is 0 Å². The first-order valence-electron chi connectivity index (χ1n) is 6.87. The quantitative estimate of drug-likeness (QED) is 0.713. The van der Waals surface area contributed by atoms with Crippen LogP contribution < -0.4 is 0 Å². The van der Waals surface area contributed by atoms with Gasteiger partial charge in [0.1, 0.15) is 0 Å². The van der Waals surface area contributed by atoms with Gasteiger partial charge in [-0.1, -0.05) is 0 Å². The van der Waals surface area contributed by atoms with Crippen LogP contribution in [0.15, 0.2) is 0 Å². The van der Waals surface area contributed by atoms with Crippen molar-refractivity contribution in [3.63, 3.8) is 0 Å². The van der Waals surface area contributed by atoms with Crippen molar-refractivity contribution in [2.45, 2.75) is 18.9 Å². The highest BCUT2D eigenvalue weighted by Crippen LogP contribution is 2.23. The van der Waals surface area contributed by atoms with E-state index in [1.807, 2.05) is 0 Å². The molecule has 2 saturated heterocycles. The maximum Gasteiger partial charge on any atom is 0.328 e. The number of aliphatic carboxylic acids is 1. The monoisotopic (exact) mass is 320 g/mol. The van der Waals surface area contributed by atoms with Gasteiger partial charge in [-0.15, -0.1) is 0 Å². The third kappa shape index (κ3) is 3.72. The molecule has 0 spiro atoms. The number of carboxylic acids is 1. The van der Waals surface area contributed by atoms with Crippen LogP contribution in [0.1, 0.15) is 12.8 Å². The van der Waals surface area contributed by atoms with E-state index < -0.39 is 22.0 Å². The van der Waals surface area contributed by atoms with E-state index in [1.54, 1.807) is 0 Å². The Kier molecular flexibility index (Phi) is 4.84. The summed E-state index contributed by atoms with van der Waals surface area (Å²) in [6.07, 6.45) is 2.00. The first-order valence-corrected chi connectivity index (χ1v) is 8.71. The van der Waals surface area contributed by atoms with E-state index in [2.05, 4.69) is 0 Å². The second-order valence-corrected chi connectivity index (χ2v) is 7.38. The summed E-state index contributed by atoms with van der Waals surface area (Å²) >= 11 is 0. The van der Waals surface area contributed by atoms with Crippen LogP contribution in [0.3, 0.4) is 0 Å². The van der Waals surface area contributed by atoms with Gasteiger partial charge in [0, 0.05) is 25.6 Å². The van der Waals surface area contributed by atoms with Crippen molar-refractivity contribution in [3.8, 4) is 0 Å². The van der Waals surface area contributed by atoms with Crippen LogP contribution in [-0.4, -0.2) is 79.8 Å². The van der Waals surface area contributed by atoms with E-state index in [-0.39, 0.29) is 25.0 Å². The molecule has 0 bridgehead atoms. The summed E-state index contributed by atoms with van der Waals surface area (Å²) in [5.74, 6) is -1.60. The Hall–Kier alpha value is -1.19. The van der Waals surface area contributed by atoms with Crippen molar-refractivity contribution < 1.29 is 27.9 Å². The SMILES string of the molecule is CS(=O)(=O)N1CCC(C(=O)N2CCOCC2C(=O)O)CC1. The van der Waals surface area contributed by atoms with Crippen molar-refractivity contribution in [3.05, 3.63) is 0 Å². The molecule has 2 aliphatic rings. The number of nitrogens with zero attached hydrogens (tertiary/aromatic N) is 2. The number of carbonyl (C=O) groups is 2. The molecule has 2 aliphatic heterocycles. The maximum atomic E-state index is 12.5. The van der Waals surface area contributed by atoms with Gasteiger partial charge < -0.3 is 14.7 Å². The molecule has 21 heavy (non-hydrogen) atoms. The third-order valence-corrected chi connectivity index (χ3v) is 5.27. The summed E-state index contributed by atoms with van der Waals surface area (Å²) in [5.41, 5.74) is 0. The number of sulfonamides is 1. The van der Waals surface area contributed by atoms with Gasteiger partial charge in [0.25, 0.3) is 0 Å². The van der Waals surface area contributed by atoms with Gasteiger partial charge in [-0.2, -0.15) is 0 Å². The van der Waals surface area contributed by atoms with Gasteiger partial charge in [-0.05, 0) is 12.8 Å². The van der Waals surface area contributed by atoms with Crippen LogP contribution in [0.5, 0.6) is 0 Å². The van der Waals surface area contributed by atoms with Crippen LogP contribution in [0.4, 0.5) is 0 Å². The Bertz CT molecular complexity index is 512. The fraction of sp³-hybridized carbons (Fsp3) is 0.833. The van der Waals surface area contributed by atoms with Crippen molar-refractivity contribution in [2.24, 2.45) is 5.92 Å². The zero-order valence-electron chi connectivity index (χ0n) is 11.9. The first-order chi connectivity index (χ1) is 9.80. The van der Waals surface area contributed by atoms with Gasteiger partial charge in [0.2, 0.25) is 15.9 Å². The van der Waals surface area contributed by atoms with E-state index in [1.165, 1.54) is 9.21 Å². The number of hydrogen-bond donors (Lipinski definition) is 1. The van der Waals surface area contributed by atoms with Crippen LogP contribution in [-0.2, 0) is 24.3 Å². The summed E-state index contributed by atoms with van der Waals surface area (Å²) < 4.78 is 29.3. The summed E-state index contributed by atoms with van der Waals surface area (Å²) in [6, 6.07) is -0.945. The molecule has 1 N–H and O–H groups in total. The van der Waals surface area contributed by atoms with Crippen LogP contribution in [0, 0.1) is 5.92 Å². The van der Waals surface area contributed by atoms with E-state index in [9.17, 15) is 18.0 Å². The van der Waals surface area contributed by atoms with Gasteiger partial charge in [-0.3, -0.25) is 4.79 Å². The molecule has 9 heteroatoms. The fourth-order valence-corrected chi connectivity index (χ4v) is 3.62. The molecule has 0 aliphatic carbocycles. The number of morpholine rings is 1. The van der Waals surface area contributed by atoms with E-state index in [4.69, 9.17) is 9.84 Å². The Morgan fingerprint density at radius 1 is 1.19 bits per heavy atom.